The maximum Gasteiger partial charge on any atom is 0.257 e. The Hall–Kier alpha value is -2.60. The van der Waals surface area contributed by atoms with Crippen molar-refractivity contribution in [2.45, 2.75) is 0 Å². The predicted octanol–water partition coefficient (Wildman–Crippen LogP) is 2.22. The monoisotopic (exact) mass is 316 g/mol. The minimum atomic E-state index is -3.72. The van der Waals surface area contributed by atoms with E-state index in [1.54, 1.807) is 24.3 Å². The average Bonchev–Trinajstić information content (AvgIpc) is 2.53. The fourth-order valence-electron chi connectivity index (χ4n) is 1.91. The zero-order valence-electron chi connectivity index (χ0n) is 12.0. The highest BCUT2D eigenvalue weighted by molar-refractivity contribution is 7.95. The topological polar surface area (TPSA) is 80.5 Å². The third-order valence-corrected chi connectivity index (χ3v) is 4.56. The van der Waals surface area contributed by atoms with Crippen LogP contribution in [0.3, 0.4) is 0 Å². The van der Waals surface area contributed by atoms with Gasteiger partial charge in [0, 0.05) is 7.05 Å². The number of rotatable bonds is 5. The normalized spacial score (nSPS) is 11.5. The first kappa shape index (κ1) is 15.8. The van der Waals surface area contributed by atoms with Crippen molar-refractivity contribution in [3.05, 3.63) is 71.1 Å². The number of benzene rings is 2. The lowest BCUT2D eigenvalue weighted by atomic mass is 10.2. The van der Waals surface area contributed by atoms with Crippen molar-refractivity contribution in [1.82, 2.24) is 0 Å². The van der Waals surface area contributed by atoms with E-state index in [4.69, 9.17) is 5.73 Å². The number of nitrogens with two attached hydrogens (primary N) is 1. The van der Waals surface area contributed by atoms with Gasteiger partial charge < -0.3 is 5.73 Å². The fourth-order valence-corrected chi connectivity index (χ4v) is 2.86. The van der Waals surface area contributed by atoms with Crippen LogP contribution in [0.25, 0.3) is 6.08 Å². The van der Waals surface area contributed by atoms with E-state index in [0.29, 0.717) is 0 Å². The second-order valence-electron chi connectivity index (χ2n) is 4.61. The van der Waals surface area contributed by atoms with Gasteiger partial charge in [0.15, 0.2) is 0 Å². The number of anilines is 1. The molecule has 0 fully saturated rings. The summed E-state index contributed by atoms with van der Waals surface area (Å²) in [7, 11) is -2.34. The van der Waals surface area contributed by atoms with Gasteiger partial charge in [-0.2, -0.15) is 0 Å². The lowest BCUT2D eigenvalue weighted by molar-refractivity contribution is 0.100. The van der Waals surface area contributed by atoms with Gasteiger partial charge in [-0.15, -0.1) is 0 Å². The average molecular weight is 316 g/mol. The fraction of sp³-hybridized carbons (Fsp3) is 0.0625. The maximum atomic E-state index is 12.4. The highest BCUT2D eigenvalue weighted by Gasteiger charge is 2.19. The molecule has 0 heterocycles. The second-order valence-corrected chi connectivity index (χ2v) is 6.46. The van der Waals surface area contributed by atoms with Crippen LogP contribution in [0.15, 0.2) is 60.0 Å². The number of carbonyl (C=O) groups is 1. The van der Waals surface area contributed by atoms with E-state index in [0.717, 1.165) is 15.3 Å². The van der Waals surface area contributed by atoms with Crippen LogP contribution < -0.4 is 10.0 Å². The highest BCUT2D eigenvalue weighted by atomic mass is 32.2. The van der Waals surface area contributed by atoms with Crippen LogP contribution in [0, 0.1) is 0 Å². The van der Waals surface area contributed by atoms with Gasteiger partial charge in [-0.3, -0.25) is 9.10 Å². The molecule has 2 rings (SSSR count). The molecule has 0 aromatic heterocycles. The Balaban J connectivity index is 2.34. The molecule has 0 aliphatic carbocycles. The molecule has 0 saturated heterocycles. The first-order chi connectivity index (χ1) is 10.4. The predicted molar refractivity (Wildman–Crippen MR) is 87.8 cm³/mol. The van der Waals surface area contributed by atoms with Crippen molar-refractivity contribution in [2.24, 2.45) is 5.73 Å². The van der Waals surface area contributed by atoms with Crippen LogP contribution in [0.1, 0.15) is 15.9 Å². The van der Waals surface area contributed by atoms with Crippen molar-refractivity contribution in [3.8, 4) is 0 Å². The minimum absolute atomic E-state index is 0.154. The van der Waals surface area contributed by atoms with E-state index >= 15 is 0 Å². The summed E-state index contributed by atoms with van der Waals surface area (Å²) in [6.07, 6.45) is 1.50. The molecule has 0 bridgehead atoms. The molecule has 22 heavy (non-hydrogen) atoms. The lowest BCUT2D eigenvalue weighted by Gasteiger charge is -2.19. The van der Waals surface area contributed by atoms with Gasteiger partial charge in [0.05, 0.1) is 16.7 Å². The Labute approximate surface area is 129 Å². The summed E-state index contributed by atoms with van der Waals surface area (Å²) < 4.78 is 25.8. The number of para-hydroxylation sites is 1. The van der Waals surface area contributed by atoms with Crippen LogP contribution in [0.5, 0.6) is 0 Å². The molecule has 0 aliphatic heterocycles. The molecule has 0 atom stereocenters. The lowest BCUT2D eigenvalue weighted by Crippen LogP contribution is -2.27. The molecule has 2 aromatic rings. The van der Waals surface area contributed by atoms with Crippen LogP contribution in [0.2, 0.25) is 0 Å². The van der Waals surface area contributed by atoms with Crippen LogP contribution in [0.4, 0.5) is 5.69 Å². The summed E-state index contributed by atoms with van der Waals surface area (Å²) in [4.78, 5) is 11.4. The molecule has 0 spiro atoms. The Kier molecular flexibility index (Phi) is 4.62. The van der Waals surface area contributed by atoms with Gasteiger partial charge in [-0.1, -0.05) is 42.5 Å². The smallest absolute Gasteiger partial charge is 0.257 e. The van der Waals surface area contributed by atoms with Gasteiger partial charge in [-0.25, -0.2) is 8.42 Å². The number of carbonyl (C=O) groups excluding carboxylic acids is 1. The molecule has 5 nitrogen and oxygen atoms in total. The molecule has 0 unspecified atom stereocenters. The molecule has 6 heteroatoms. The maximum absolute atomic E-state index is 12.4. The summed E-state index contributed by atoms with van der Waals surface area (Å²) in [6.45, 7) is 0. The molecular weight excluding hydrogens is 300 g/mol. The first-order valence-corrected chi connectivity index (χ1v) is 8.03. The van der Waals surface area contributed by atoms with Gasteiger partial charge >= 0.3 is 0 Å². The number of hydrogen-bond donors (Lipinski definition) is 1. The number of amides is 1. The largest absolute Gasteiger partial charge is 0.366 e. The molecule has 0 radical (unpaired) electrons. The van der Waals surface area contributed by atoms with E-state index in [1.165, 1.54) is 25.3 Å². The van der Waals surface area contributed by atoms with Crippen molar-refractivity contribution < 1.29 is 13.2 Å². The Bertz CT molecular complexity index is 799. The summed E-state index contributed by atoms with van der Waals surface area (Å²) >= 11 is 0. The van der Waals surface area contributed by atoms with Gasteiger partial charge in [0.2, 0.25) is 0 Å². The zero-order chi connectivity index (χ0) is 16.2. The number of sulfonamides is 1. The standard InChI is InChI=1S/C16H16N2O3S/c1-18(15-10-6-5-9-14(15)16(17)19)22(20,21)12-11-13-7-3-2-4-8-13/h2-12H,1H3,(H2,17,19)/b12-11+. The van der Waals surface area contributed by atoms with Gasteiger partial charge in [0.1, 0.15) is 0 Å². The molecule has 114 valence electrons. The van der Waals surface area contributed by atoms with E-state index in [1.807, 2.05) is 18.2 Å². The summed E-state index contributed by atoms with van der Waals surface area (Å²) in [5, 5.41) is 1.10. The van der Waals surface area contributed by atoms with Gasteiger partial charge in [0.25, 0.3) is 15.9 Å². The first-order valence-electron chi connectivity index (χ1n) is 6.53. The molecule has 0 saturated carbocycles. The number of nitrogens with zero attached hydrogens (tertiary/aromatic N) is 1. The summed E-state index contributed by atoms with van der Waals surface area (Å²) in [5.41, 5.74) is 6.45. The van der Waals surface area contributed by atoms with Crippen LogP contribution >= 0.6 is 0 Å². The van der Waals surface area contributed by atoms with E-state index in [9.17, 15) is 13.2 Å². The van der Waals surface area contributed by atoms with E-state index < -0.39 is 15.9 Å². The molecule has 2 N–H and O–H groups in total. The molecule has 0 aliphatic rings. The van der Waals surface area contributed by atoms with Crippen LogP contribution in [-0.4, -0.2) is 21.4 Å². The number of primary amides is 1. The SMILES string of the molecule is CN(c1ccccc1C(N)=O)S(=O)(=O)/C=C/c1ccccc1. The second kappa shape index (κ2) is 6.44. The third kappa shape index (κ3) is 3.53. The van der Waals surface area contributed by atoms with Crippen molar-refractivity contribution in [3.63, 3.8) is 0 Å². The molecular formula is C16H16N2O3S. The molecule has 1 amide bonds. The zero-order valence-corrected chi connectivity index (χ0v) is 12.8. The Morgan fingerprint density at radius 1 is 1.05 bits per heavy atom. The van der Waals surface area contributed by atoms with Gasteiger partial charge in [-0.05, 0) is 23.8 Å². The quantitative estimate of drug-likeness (QED) is 0.918. The number of hydrogen-bond acceptors (Lipinski definition) is 3. The van der Waals surface area contributed by atoms with Crippen molar-refractivity contribution in [2.75, 3.05) is 11.4 Å². The summed E-state index contributed by atoms with van der Waals surface area (Å²) in [6, 6.07) is 15.4. The minimum Gasteiger partial charge on any atom is -0.366 e. The summed E-state index contributed by atoms with van der Waals surface area (Å²) in [5.74, 6) is -0.676. The third-order valence-electron chi connectivity index (χ3n) is 3.12. The molecule has 2 aromatic carbocycles. The van der Waals surface area contributed by atoms with E-state index in [2.05, 4.69) is 0 Å². The van der Waals surface area contributed by atoms with Crippen LogP contribution in [-0.2, 0) is 10.0 Å². The van der Waals surface area contributed by atoms with E-state index in [-0.39, 0.29) is 11.3 Å². The Morgan fingerprint density at radius 3 is 2.27 bits per heavy atom. The highest BCUT2D eigenvalue weighted by Crippen LogP contribution is 2.22. The van der Waals surface area contributed by atoms with Crippen molar-refractivity contribution in [1.29, 1.82) is 0 Å². The van der Waals surface area contributed by atoms with Crippen molar-refractivity contribution >= 4 is 27.7 Å². The Morgan fingerprint density at radius 2 is 1.64 bits per heavy atom.